The highest BCUT2D eigenvalue weighted by atomic mass is 35.5. The molecule has 2 aliphatic carbocycles. The van der Waals surface area contributed by atoms with Gasteiger partial charge in [-0.2, -0.15) is 5.10 Å². The second kappa shape index (κ2) is 6.64. The standard InChI is InChI=1S/C19H20ClFN4O2/c1-25-18(22)16(19(27)23-12-2-3-15(21)14(20)8-12)17(24-25)11-4-9-6-13(26)7-10(9)5-11/h2-3,8-11H,4-7,22H2,1H3,(H,23,27)/t9-,10+,11?. The van der Waals surface area contributed by atoms with E-state index in [2.05, 4.69) is 10.4 Å². The smallest absolute Gasteiger partial charge is 0.261 e. The van der Waals surface area contributed by atoms with Crippen molar-refractivity contribution in [3.05, 3.63) is 40.3 Å². The van der Waals surface area contributed by atoms with Crippen LogP contribution in [-0.4, -0.2) is 21.5 Å². The zero-order chi connectivity index (χ0) is 19.3. The van der Waals surface area contributed by atoms with Gasteiger partial charge in [0.25, 0.3) is 5.91 Å². The fraction of sp³-hybridized carbons (Fsp3) is 0.421. The van der Waals surface area contributed by atoms with E-state index in [1.807, 2.05) is 0 Å². The highest BCUT2D eigenvalue weighted by Crippen LogP contribution is 2.50. The van der Waals surface area contributed by atoms with E-state index in [0.717, 1.165) is 12.8 Å². The van der Waals surface area contributed by atoms with E-state index in [-0.39, 0.29) is 16.8 Å². The fourth-order valence-corrected chi connectivity index (χ4v) is 4.63. The minimum atomic E-state index is -0.553. The Kier molecular flexibility index (Phi) is 4.42. The van der Waals surface area contributed by atoms with Crippen molar-refractivity contribution >= 4 is 34.8 Å². The van der Waals surface area contributed by atoms with Crippen molar-refractivity contribution in [2.45, 2.75) is 31.6 Å². The van der Waals surface area contributed by atoms with Gasteiger partial charge in [0, 0.05) is 31.5 Å². The van der Waals surface area contributed by atoms with Crippen LogP contribution in [0.4, 0.5) is 15.9 Å². The van der Waals surface area contributed by atoms with Crippen molar-refractivity contribution in [1.82, 2.24) is 9.78 Å². The van der Waals surface area contributed by atoms with Crippen LogP contribution in [0.25, 0.3) is 0 Å². The number of nitrogens with zero attached hydrogens (tertiary/aromatic N) is 2. The first-order chi connectivity index (χ1) is 12.8. The van der Waals surface area contributed by atoms with Crippen molar-refractivity contribution in [2.24, 2.45) is 18.9 Å². The molecule has 2 aromatic rings. The number of carbonyl (C=O) groups is 2. The molecule has 2 fully saturated rings. The van der Waals surface area contributed by atoms with Gasteiger partial charge in [0.1, 0.15) is 23.0 Å². The molecule has 4 rings (SSSR count). The Labute approximate surface area is 160 Å². The molecule has 0 bridgehead atoms. The third kappa shape index (κ3) is 3.20. The van der Waals surface area contributed by atoms with Crippen molar-refractivity contribution in [1.29, 1.82) is 0 Å². The Bertz CT molecular complexity index is 926. The third-order valence-corrected chi connectivity index (χ3v) is 6.02. The van der Waals surface area contributed by atoms with Crippen LogP contribution in [0.2, 0.25) is 5.02 Å². The van der Waals surface area contributed by atoms with Crippen molar-refractivity contribution in [3.8, 4) is 0 Å². The number of Topliss-reactive ketones (excluding diaryl/α,β-unsaturated/α-hetero) is 1. The predicted molar refractivity (Wildman–Crippen MR) is 100 cm³/mol. The number of ketones is 1. The summed E-state index contributed by atoms with van der Waals surface area (Å²) in [6.45, 7) is 0. The first kappa shape index (κ1) is 18.0. The van der Waals surface area contributed by atoms with Crippen LogP contribution < -0.4 is 11.1 Å². The van der Waals surface area contributed by atoms with Gasteiger partial charge in [0.05, 0.1) is 10.7 Å². The topological polar surface area (TPSA) is 90.0 Å². The molecule has 1 aromatic heterocycles. The third-order valence-electron chi connectivity index (χ3n) is 5.73. The van der Waals surface area contributed by atoms with Gasteiger partial charge in [-0.1, -0.05) is 11.6 Å². The Hall–Kier alpha value is -2.41. The summed E-state index contributed by atoms with van der Waals surface area (Å²) in [7, 11) is 1.70. The molecule has 8 heteroatoms. The number of carbonyl (C=O) groups excluding carboxylic acids is 2. The SMILES string of the molecule is Cn1nc(C2C[C@H]3CC(=O)C[C@H]3C2)c(C(=O)Nc2ccc(F)c(Cl)c2)c1N. The predicted octanol–water partition coefficient (Wildman–Crippen LogP) is 3.52. The lowest BCUT2D eigenvalue weighted by molar-refractivity contribution is -0.117. The zero-order valence-electron chi connectivity index (χ0n) is 14.8. The van der Waals surface area contributed by atoms with Gasteiger partial charge in [-0.25, -0.2) is 4.39 Å². The number of nitrogens with two attached hydrogens (primary N) is 1. The molecule has 1 aromatic carbocycles. The molecule has 3 N–H and O–H groups in total. The van der Waals surface area contributed by atoms with Crippen LogP contribution in [0.1, 0.15) is 47.7 Å². The number of fused-ring (bicyclic) bond motifs is 1. The highest BCUT2D eigenvalue weighted by molar-refractivity contribution is 6.31. The quantitative estimate of drug-likeness (QED) is 0.839. The summed E-state index contributed by atoms with van der Waals surface area (Å²) in [4.78, 5) is 24.5. The number of halogens is 2. The molecule has 2 saturated carbocycles. The molecular formula is C19H20ClFN4O2. The molecule has 3 atom stereocenters. The molecule has 1 unspecified atom stereocenters. The van der Waals surface area contributed by atoms with E-state index in [9.17, 15) is 14.0 Å². The molecule has 6 nitrogen and oxygen atoms in total. The molecular weight excluding hydrogens is 371 g/mol. The lowest BCUT2D eigenvalue weighted by atomic mass is 9.96. The summed E-state index contributed by atoms with van der Waals surface area (Å²) in [6.07, 6.45) is 2.93. The normalized spacial score (nSPS) is 24.3. The lowest BCUT2D eigenvalue weighted by Crippen LogP contribution is -2.16. The lowest BCUT2D eigenvalue weighted by Gasteiger charge is -2.12. The molecule has 27 heavy (non-hydrogen) atoms. The van der Waals surface area contributed by atoms with Crippen LogP contribution in [-0.2, 0) is 11.8 Å². The van der Waals surface area contributed by atoms with Gasteiger partial charge in [-0.3, -0.25) is 14.3 Å². The van der Waals surface area contributed by atoms with Gasteiger partial charge in [0.15, 0.2) is 0 Å². The van der Waals surface area contributed by atoms with Gasteiger partial charge in [0.2, 0.25) is 0 Å². The average molecular weight is 391 g/mol. The minimum absolute atomic E-state index is 0.0690. The van der Waals surface area contributed by atoms with E-state index in [1.54, 1.807) is 7.05 Å². The van der Waals surface area contributed by atoms with Crippen LogP contribution in [0, 0.1) is 17.7 Å². The fourth-order valence-electron chi connectivity index (χ4n) is 4.45. The number of amides is 1. The van der Waals surface area contributed by atoms with Crippen LogP contribution in [0.3, 0.4) is 0 Å². The van der Waals surface area contributed by atoms with Gasteiger partial charge >= 0.3 is 0 Å². The summed E-state index contributed by atoms with van der Waals surface area (Å²) in [5.74, 6) is 0.512. The summed E-state index contributed by atoms with van der Waals surface area (Å²) < 4.78 is 14.8. The number of benzene rings is 1. The Morgan fingerprint density at radius 3 is 2.63 bits per heavy atom. The summed E-state index contributed by atoms with van der Waals surface area (Å²) in [5.41, 5.74) is 7.51. The van der Waals surface area contributed by atoms with Crippen molar-refractivity contribution in [3.63, 3.8) is 0 Å². The largest absolute Gasteiger partial charge is 0.383 e. The number of hydrogen-bond donors (Lipinski definition) is 2. The molecule has 1 heterocycles. The van der Waals surface area contributed by atoms with Crippen LogP contribution in [0.5, 0.6) is 0 Å². The second-order valence-electron chi connectivity index (χ2n) is 7.49. The second-order valence-corrected chi connectivity index (χ2v) is 7.89. The summed E-state index contributed by atoms with van der Waals surface area (Å²) in [6, 6.07) is 3.99. The minimum Gasteiger partial charge on any atom is -0.383 e. The summed E-state index contributed by atoms with van der Waals surface area (Å²) in [5, 5.41) is 7.15. The van der Waals surface area contributed by atoms with E-state index < -0.39 is 11.7 Å². The number of aryl methyl sites for hydroxylation is 1. The first-order valence-electron chi connectivity index (χ1n) is 8.94. The molecule has 0 aliphatic heterocycles. The van der Waals surface area contributed by atoms with Crippen molar-refractivity contribution < 1.29 is 14.0 Å². The number of rotatable bonds is 3. The van der Waals surface area contributed by atoms with Crippen LogP contribution >= 0.6 is 11.6 Å². The Balaban J connectivity index is 1.60. The maximum Gasteiger partial charge on any atom is 0.261 e. The van der Waals surface area contributed by atoms with E-state index >= 15 is 0 Å². The monoisotopic (exact) mass is 390 g/mol. The molecule has 0 radical (unpaired) electrons. The van der Waals surface area contributed by atoms with Gasteiger partial charge in [-0.15, -0.1) is 0 Å². The first-order valence-corrected chi connectivity index (χ1v) is 9.31. The maximum absolute atomic E-state index is 13.3. The van der Waals surface area contributed by atoms with Gasteiger partial charge in [-0.05, 0) is 42.9 Å². The molecule has 0 saturated heterocycles. The number of hydrogen-bond acceptors (Lipinski definition) is 4. The van der Waals surface area contributed by atoms with E-state index in [1.165, 1.54) is 22.9 Å². The number of nitrogens with one attached hydrogen (secondary N) is 1. The number of aromatic nitrogens is 2. The highest BCUT2D eigenvalue weighted by Gasteiger charge is 2.43. The molecule has 2 aliphatic rings. The Morgan fingerprint density at radius 2 is 2.00 bits per heavy atom. The van der Waals surface area contributed by atoms with Crippen molar-refractivity contribution in [2.75, 3.05) is 11.1 Å². The molecule has 0 spiro atoms. The molecule has 1 amide bonds. The van der Waals surface area contributed by atoms with E-state index in [4.69, 9.17) is 17.3 Å². The molecule has 142 valence electrons. The van der Waals surface area contributed by atoms with Gasteiger partial charge < -0.3 is 11.1 Å². The number of anilines is 2. The number of nitrogen functional groups attached to an aromatic ring is 1. The summed E-state index contributed by atoms with van der Waals surface area (Å²) >= 11 is 5.78. The average Bonchev–Trinajstić information content (AvgIpc) is 3.22. The zero-order valence-corrected chi connectivity index (χ0v) is 15.6. The van der Waals surface area contributed by atoms with Crippen LogP contribution in [0.15, 0.2) is 18.2 Å². The Morgan fingerprint density at radius 1 is 1.33 bits per heavy atom. The maximum atomic E-state index is 13.3. The van der Waals surface area contributed by atoms with E-state index in [0.29, 0.717) is 47.4 Å².